The number of amides is 1. The first kappa shape index (κ1) is 15.3. The van der Waals surface area contributed by atoms with Gasteiger partial charge in [-0.25, -0.2) is 4.79 Å². The van der Waals surface area contributed by atoms with Gasteiger partial charge in [-0.3, -0.25) is 9.69 Å². The van der Waals surface area contributed by atoms with E-state index in [1.54, 1.807) is 0 Å². The SMILES string of the molecule is O=C(O)CN1CCC[C@@H]1CNC(=O)OCc1ccccc1. The Bertz CT molecular complexity index is 478. The van der Waals surface area contributed by atoms with Gasteiger partial charge in [0.25, 0.3) is 0 Å². The summed E-state index contributed by atoms with van der Waals surface area (Å²) in [5.41, 5.74) is 0.932. The van der Waals surface area contributed by atoms with E-state index in [4.69, 9.17) is 9.84 Å². The van der Waals surface area contributed by atoms with E-state index in [-0.39, 0.29) is 19.2 Å². The summed E-state index contributed by atoms with van der Waals surface area (Å²) in [5, 5.41) is 11.5. The van der Waals surface area contributed by atoms with Crippen molar-refractivity contribution in [3.63, 3.8) is 0 Å². The zero-order valence-electron chi connectivity index (χ0n) is 11.8. The Morgan fingerprint density at radius 1 is 1.33 bits per heavy atom. The Morgan fingerprint density at radius 2 is 2.10 bits per heavy atom. The Kier molecular flexibility index (Phi) is 5.57. The van der Waals surface area contributed by atoms with Crippen LogP contribution in [0.1, 0.15) is 18.4 Å². The van der Waals surface area contributed by atoms with Gasteiger partial charge >= 0.3 is 12.1 Å². The van der Waals surface area contributed by atoms with Crippen molar-refractivity contribution in [1.29, 1.82) is 0 Å². The number of carboxylic acids is 1. The summed E-state index contributed by atoms with van der Waals surface area (Å²) in [6.07, 6.45) is 1.38. The minimum atomic E-state index is -0.839. The molecule has 1 heterocycles. The Labute approximate surface area is 123 Å². The molecule has 21 heavy (non-hydrogen) atoms. The smallest absolute Gasteiger partial charge is 0.407 e. The molecule has 0 saturated carbocycles. The van der Waals surface area contributed by atoms with E-state index in [2.05, 4.69) is 5.32 Å². The van der Waals surface area contributed by atoms with Crippen molar-refractivity contribution in [2.45, 2.75) is 25.5 Å². The third kappa shape index (κ3) is 5.07. The van der Waals surface area contributed by atoms with Crippen LogP contribution in [0.4, 0.5) is 4.79 Å². The summed E-state index contributed by atoms with van der Waals surface area (Å²) >= 11 is 0. The van der Waals surface area contributed by atoms with Crippen LogP contribution >= 0.6 is 0 Å². The number of nitrogens with zero attached hydrogens (tertiary/aromatic N) is 1. The lowest BCUT2D eigenvalue weighted by Gasteiger charge is -2.22. The van der Waals surface area contributed by atoms with Crippen molar-refractivity contribution >= 4 is 12.1 Å². The van der Waals surface area contributed by atoms with Crippen molar-refractivity contribution in [3.8, 4) is 0 Å². The fourth-order valence-corrected chi connectivity index (χ4v) is 2.48. The lowest BCUT2D eigenvalue weighted by Crippen LogP contribution is -2.42. The zero-order chi connectivity index (χ0) is 15.1. The van der Waals surface area contributed by atoms with Crippen molar-refractivity contribution in [2.75, 3.05) is 19.6 Å². The van der Waals surface area contributed by atoms with Gasteiger partial charge in [-0.05, 0) is 24.9 Å². The molecular formula is C15H20N2O4. The molecule has 1 aliphatic rings. The van der Waals surface area contributed by atoms with Crippen molar-refractivity contribution in [3.05, 3.63) is 35.9 Å². The maximum absolute atomic E-state index is 11.6. The Morgan fingerprint density at radius 3 is 2.81 bits per heavy atom. The van der Waals surface area contributed by atoms with Crippen molar-refractivity contribution in [1.82, 2.24) is 10.2 Å². The highest BCUT2D eigenvalue weighted by Gasteiger charge is 2.26. The van der Waals surface area contributed by atoms with Crippen LogP contribution in [0.5, 0.6) is 0 Å². The van der Waals surface area contributed by atoms with Gasteiger partial charge in [0.05, 0.1) is 6.54 Å². The maximum atomic E-state index is 11.6. The number of carbonyl (C=O) groups excluding carboxylic acids is 1. The van der Waals surface area contributed by atoms with Crippen molar-refractivity contribution in [2.24, 2.45) is 0 Å². The average Bonchev–Trinajstić information content (AvgIpc) is 2.90. The second kappa shape index (κ2) is 7.64. The molecule has 0 spiro atoms. The average molecular weight is 292 g/mol. The van der Waals surface area contributed by atoms with Gasteiger partial charge < -0.3 is 15.2 Å². The minimum Gasteiger partial charge on any atom is -0.480 e. The van der Waals surface area contributed by atoms with E-state index in [9.17, 15) is 9.59 Å². The van der Waals surface area contributed by atoms with Crippen LogP contribution in [0.25, 0.3) is 0 Å². The Balaban J connectivity index is 1.70. The van der Waals surface area contributed by atoms with Crippen LogP contribution in [0, 0.1) is 0 Å². The normalized spacial score (nSPS) is 18.4. The minimum absolute atomic E-state index is 0.0193. The quantitative estimate of drug-likeness (QED) is 0.830. The number of aliphatic carboxylic acids is 1. The van der Waals surface area contributed by atoms with E-state index >= 15 is 0 Å². The van der Waals surface area contributed by atoms with Crippen LogP contribution in [0.3, 0.4) is 0 Å². The van der Waals surface area contributed by atoms with Gasteiger partial charge in [-0.15, -0.1) is 0 Å². The number of carbonyl (C=O) groups is 2. The predicted molar refractivity (Wildman–Crippen MR) is 76.9 cm³/mol. The number of ether oxygens (including phenoxy) is 1. The second-order valence-electron chi connectivity index (χ2n) is 5.10. The van der Waals surface area contributed by atoms with Gasteiger partial charge in [-0.1, -0.05) is 30.3 Å². The molecule has 1 aliphatic heterocycles. The number of likely N-dealkylation sites (tertiary alicyclic amines) is 1. The highest BCUT2D eigenvalue weighted by molar-refractivity contribution is 5.69. The predicted octanol–water partition coefficient (Wildman–Crippen LogP) is 1.46. The molecule has 1 aromatic rings. The molecule has 1 amide bonds. The van der Waals surface area contributed by atoms with Gasteiger partial charge in [-0.2, -0.15) is 0 Å². The van der Waals surface area contributed by atoms with Crippen molar-refractivity contribution < 1.29 is 19.4 Å². The number of hydrogen-bond acceptors (Lipinski definition) is 4. The van der Waals surface area contributed by atoms with Gasteiger partial charge in [0, 0.05) is 12.6 Å². The van der Waals surface area contributed by atoms with Crippen LogP contribution in [0.2, 0.25) is 0 Å². The first-order valence-electron chi connectivity index (χ1n) is 7.05. The molecule has 0 bridgehead atoms. The molecule has 114 valence electrons. The Hall–Kier alpha value is -2.08. The van der Waals surface area contributed by atoms with Crippen LogP contribution in [-0.2, 0) is 16.1 Å². The molecule has 0 aliphatic carbocycles. The van der Waals surface area contributed by atoms with Gasteiger partial charge in [0.15, 0.2) is 0 Å². The van der Waals surface area contributed by atoms with Gasteiger partial charge in [0.2, 0.25) is 0 Å². The third-order valence-corrected chi connectivity index (χ3v) is 3.53. The highest BCUT2D eigenvalue weighted by atomic mass is 16.5. The summed E-state index contributed by atoms with van der Waals surface area (Å²) in [5.74, 6) is -0.839. The molecule has 0 unspecified atom stereocenters. The summed E-state index contributed by atoms with van der Waals surface area (Å²) in [6, 6.07) is 9.53. The fraction of sp³-hybridized carbons (Fsp3) is 0.467. The molecular weight excluding hydrogens is 272 g/mol. The monoisotopic (exact) mass is 292 g/mol. The zero-order valence-corrected chi connectivity index (χ0v) is 11.8. The van der Waals surface area contributed by atoms with Crippen LogP contribution < -0.4 is 5.32 Å². The lowest BCUT2D eigenvalue weighted by atomic mass is 10.2. The lowest BCUT2D eigenvalue weighted by molar-refractivity contribution is -0.138. The molecule has 1 fully saturated rings. The fourth-order valence-electron chi connectivity index (χ4n) is 2.48. The molecule has 6 nitrogen and oxygen atoms in total. The summed E-state index contributed by atoms with van der Waals surface area (Å²) in [6.45, 7) is 1.43. The van der Waals surface area contributed by atoms with Crippen LogP contribution in [0.15, 0.2) is 30.3 Å². The van der Waals surface area contributed by atoms with E-state index in [0.29, 0.717) is 6.54 Å². The number of nitrogens with one attached hydrogen (secondary N) is 1. The highest BCUT2D eigenvalue weighted by Crippen LogP contribution is 2.15. The van der Waals surface area contributed by atoms with E-state index in [1.165, 1.54) is 0 Å². The first-order valence-corrected chi connectivity index (χ1v) is 7.05. The molecule has 1 aromatic carbocycles. The molecule has 1 saturated heterocycles. The maximum Gasteiger partial charge on any atom is 0.407 e. The van der Waals surface area contributed by atoms with E-state index in [1.807, 2.05) is 35.2 Å². The number of rotatable bonds is 6. The first-order chi connectivity index (χ1) is 10.1. The summed E-state index contributed by atoms with van der Waals surface area (Å²) < 4.78 is 5.12. The van der Waals surface area contributed by atoms with E-state index < -0.39 is 12.1 Å². The number of hydrogen-bond donors (Lipinski definition) is 2. The molecule has 0 aromatic heterocycles. The number of benzene rings is 1. The molecule has 6 heteroatoms. The van der Waals surface area contributed by atoms with Crippen LogP contribution in [-0.4, -0.2) is 47.7 Å². The standard InChI is InChI=1S/C15H20N2O4/c18-14(19)10-17-8-4-7-13(17)9-16-15(20)21-11-12-5-2-1-3-6-12/h1-3,5-6,13H,4,7-11H2,(H,16,20)(H,18,19)/t13-/m1/s1. The van der Waals surface area contributed by atoms with Gasteiger partial charge in [0.1, 0.15) is 6.61 Å². The third-order valence-electron chi connectivity index (χ3n) is 3.53. The largest absolute Gasteiger partial charge is 0.480 e. The van der Waals surface area contributed by atoms with E-state index in [0.717, 1.165) is 24.9 Å². The summed E-state index contributed by atoms with van der Waals surface area (Å²) in [4.78, 5) is 24.3. The number of carboxylic acid groups (broad SMARTS) is 1. The summed E-state index contributed by atoms with van der Waals surface area (Å²) in [7, 11) is 0. The molecule has 0 radical (unpaired) electrons. The molecule has 2 rings (SSSR count). The molecule has 1 atom stereocenters. The molecule has 2 N–H and O–H groups in total. The number of alkyl carbamates (subject to hydrolysis) is 1. The second-order valence-corrected chi connectivity index (χ2v) is 5.10. The topological polar surface area (TPSA) is 78.9 Å².